The van der Waals surface area contributed by atoms with Crippen LogP contribution in [0.15, 0.2) is 24.4 Å². The lowest BCUT2D eigenvalue weighted by atomic mass is 9.94. The van der Waals surface area contributed by atoms with Crippen LogP contribution in [0.2, 0.25) is 0 Å². The van der Waals surface area contributed by atoms with E-state index in [2.05, 4.69) is 27.0 Å². The van der Waals surface area contributed by atoms with Gasteiger partial charge in [-0.25, -0.2) is 0 Å². The van der Waals surface area contributed by atoms with Crippen molar-refractivity contribution in [2.45, 2.75) is 24.1 Å². The Balaban J connectivity index is 1.88. The molecule has 0 spiro atoms. The second-order valence-electron chi connectivity index (χ2n) is 3.99. The molecule has 2 rings (SSSR count). The molecule has 1 aromatic rings. The molecule has 0 amide bonds. The molecule has 0 N–H and O–H groups in total. The number of halogens is 1. The molecule has 0 saturated carbocycles. The molecule has 1 aliphatic heterocycles. The number of alkyl halides is 1. The van der Waals surface area contributed by atoms with E-state index in [0.717, 1.165) is 25.6 Å². The van der Waals surface area contributed by atoms with Crippen LogP contribution < -0.4 is 0 Å². The van der Waals surface area contributed by atoms with Gasteiger partial charge in [-0.1, -0.05) is 22.0 Å². The molecule has 1 saturated heterocycles. The van der Waals surface area contributed by atoms with Crippen molar-refractivity contribution in [1.29, 1.82) is 0 Å². The first-order valence-corrected chi connectivity index (χ1v) is 6.39. The minimum Gasteiger partial charge on any atom is -0.381 e. The molecule has 15 heavy (non-hydrogen) atoms. The molecule has 0 aromatic carbocycles. The summed E-state index contributed by atoms with van der Waals surface area (Å²) in [5.74, 6) is 0.737. The second-order valence-corrected chi connectivity index (χ2v) is 5.17. The Morgan fingerprint density at radius 3 is 2.87 bits per heavy atom. The number of aromatic nitrogens is 1. The first-order chi connectivity index (χ1) is 7.36. The molecule has 82 valence electrons. The molecule has 1 aromatic heterocycles. The summed E-state index contributed by atoms with van der Waals surface area (Å²) in [7, 11) is 0. The van der Waals surface area contributed by atoms with E-state index in [0.29, 0.717) is 4.83 Å². The lowest BCUT2D eigenvalue weighted by molar-refractivity contribution is 0.0662. The highest BCUT2D eigenvalue weighted by molar-refractivity contribution is 9.09. The summed E-state index contributed by atoms with van der Waals surface area (Å²) in [4.78, 5) is 4.89. The zero-order chi connectivity index (χ0) is 10.5. The van der Waals surface area contributed by atoms with E-state index < -0.39 is 0 Å². The molecule has 1 unspecified atom stereocenters. The normalized spacial score (nSPS) is 20.1. The zero-order valence-electron chi connectivity index (χ0n) is 8.73. The van der Waals surface area contributed by atoms with Crippen molar-refractivity contribution in [3.63, 3.8) is 0 Å². The molecule has 3 heteroatoms. The average molecular weight is 270 g/mol. The summed E-state index contributed by atoms with van der Waals surface area (Å²) in [5, 5.41) is 0. The SMILES string of the molecule is BrC(Cc1ccccn1)C1CCOCC1. The van der Waals surface area contributed by atoms with Crippen LogP contribution in [0.5, 0.6) is 0 Å². The summed E-state index contributed by atoms with van der Waals surface area (Å²) in [5.41, 5.74) is 1.17. The molecule has 0 radical (unpaired) electrons. The monoisotopic (exact) mass is 269 g/mol. The Labute approximate surface area is 99.2 Å². The van der Waals surface area contributed by atoms with Crippen molar-refractivity contribution in [3.05, 3.63) is 30.1 Å². The average Bonchev–Trinajstić information content (AvgIpc) is 2.31. The molecular formula is C12H16BrNO. The van der Waals surface area contributed by atoms with Gasteiger partial charge in [0.1, 0.15) is 0 Å². The predicted molar refractivity (Wildman–Crippen MR) is 64.2 cm³/mol. The van der Waals surface area contributed by atoms with Gasteiger partial charge in [-0.15, -0.1) is 0 Å². The van der Waals surface area contributed by atoms with E-state index in [9.17, 15) is 0 Å². The van der Waals surface area contributed by atoms with E-state index in [-0.39, 0.29) is 0 Å². The van der Waals surface area contributed by atoms with Gasteiger partial charge < -0.3 is 4.74 Å². The summed E-state index contributed by atoms with van der Waals surface area (Å²) in [6, 6.07) is 6.10. The van der Waals surface area contributed by atoms with Crippen molar-refractivity contribution in [3.8, 4) is 0 Å². The number of hydrogen-bond donors (Lipinski definition) is 0. The predicted octanol–water partition coefficient (Wildman–Crippen LogP) is 2.81. The number of ether oxygens (including phenoxy) is 1. The number of pyridine rings is 1. The van der Waals surface area contributed by atoms with Gasteiger partial charge in [0.15, 0.2) is 0 Å². The van der Waals surface area contributed by atoms with Crippen LogP contribution >= 0.6 is 15.9 Å². The maximum atomic E-state index is 5.36. The minimum atomic E-state index is 0.538. The quantitative estimate of drug-likeness (QED) is 0.788. The standard InChI is InChI=1S/C12H16BrNO/c13-12(10-4-7-15-8-5-10)9-11-3-1-2-6-14-11/h1-3,6,10,12H,4-5,7-9H2. The maximum absolute atomic E-state index is 5.36. The van der Waals surface area contributed by atoms with E-state index >= 15 is 0 Å². The highest BCUT2D eigenvalue weighted by Crippen LogP contribution is 2.26. The molecule has 1 atom stereocenters. The number of nitrogens with zero attached hydrogens (tertiary/aromatic N) is 1. The first kappa shape index (κ1) is 11.1. The van der Waals surface area contributed by atoms with Gasteiger partial charge in [0.05, 0.1) is 0 Å². The summed E-state index contributed by atoms with van der Waals surface area (Å²) in [6.45, 7) is 1.82. The number of hydrogen-bond acceptors (Lipinski definition) is 2. The van der Waals surface area contributed by atoms with Crippen molar-refractivity contribution in [2.75, 3.05) is 13.2 Å². The largest absolute Gasteiger partial charge is 0.381 e. The Hall–Kier alpha value is -0.410. The maximum Gasteiger partial charge on any atom is 0.0469 e. The molecule has 1 fully saturated rings. The van der Waals surface area contributed by atoms with Crippen LogP contribution in [0, 0.1) is 5.92 Å². The van der Waals surface area contributed by atoms with Crippen molar-refractivity contribution in [1.82, 2.24) is 4.98 Å². The molecule has 2 heterocycles. The fourth-order valence-corrected chi connectivity index (χ4v) is 2.82. The van der Waals surface area contributed by atoms with Crippen molar-refractivity contribution in [2.24, 2.45) is 5.92 Å². The molecule has 1 aliphatic rings. The van der Waals surface area contributed by atoms with E-state index in [4.69, 9.17) is 4.74 Å². The highest BCUT2D eigenvalue weighted by atomic mass is 79.9. The van der Waals surface area contributed by atoms with Crippen LogP contribution in [0.4, 0.5) is 0 Å². The van der Waals surface area contributed by atoms with E-state index in [1.807, 2.05) is 18.3 Å². The zero-order valence-corrected chi connectivity index (χ0v) is 10.3. The van der Waals surface area contributed by atoms with Gasteiger partial charge in [-0.05, 0) is 30.9 Å². The molecule has 0 bridgehead atoms. The third kappa shape index (κ3) is 3.28. The van der Waals surface area contributed by atoms with Gasteiger partial charge in [0, 0.05) is 36.4 Å². The fourth-order valence-electron chi connectivity index (χ4n) is 1.96. The van der Waals surface area contributed by atoms with Crippen molar-refractivity contribution >= 4 is 15.9 Å². The third-order valence-corrected chi connectivity index (χ3v) is 3.98. The second kappa shape index (κ2) is 5.61. The van der Waals surface area contributed by atoms with E-state index in [1.165, 1.54) is 18.5 Å². The lowest BCUT2D eigenvalue weighted by Crippen LogP contribution is -2.25. The fraction of sp³-hybridized carbons (Fsp3) is 0.583. The highest BCUT2D eigenvalue weighted by Gasteiger charge is 2.22. The third-order valence-electron chi connectivity index (χ3n) is 2.91. The Kier molecular flexibility index (Phi) is 4.15. The Bertz CT molecular complexity index is 285. The van der Waals surface area contributed by atoms with Crippen LogP contribution in [0.25, 0.3) is 0 Å². The van der Waals surface area contributed by atoms with Gasteiger partial charge in [-0.2, -0.15) is 0 Å². The van der Waals surface area contributed by atoms with Crippen LogP contribution in [-0.4, -0.2) is 23.0 Å². The summed E-state index contributed by atoms with van der Waals surface area (Å²) in [6.07, 6.45) is 5.22. The van der Waals surface area contributed by atoms with E-state index in [1.54, 1.807) is 0 Å². The Morgan fingerprint density at radius 2 is 2.20 bits per heavy atom. The summed E-state index contributed by atoms with van der Waals surface area (Å²) < 4.78 is 5.36. The van der Waals surface area contributed by atoms with Gasteiger partial charge in [0.2, 0.25) is 0 Å². The van der Waals surface area contributed by atoms with Crippen LogP contribution in [-0.2, 0) is 11.2 Å². The number of rotatable bonds is 3. The lowest BCUT2D eigenvalue weighted by Gasteiger charge is -2.26. The van der Waals surface area contributed by atoms with Crippen molar-refractivity contribution < 1.29 is 4.74 Å². The Morgan fingerprint density at radius 1 is 1.40 bits per heavy atom. The van der Waals surface area contributed by atoms with Crippen LogP contribution in [0.3, 0.4) is 0 Å². The smallest absolute Gasteiger partial charge is 0.0469 e. The summed E-state index contributed by atoms with van der Waals surface area (Å²) >= 11 is 3.78. The van der Waals surface area contributed by atoms with Gasteiger partial charge in [-0.3, -0.25) is 4.98 Å². The molecule has 0 aliphatic carbocycles. The first-order valence-electron chi connectivity index (χ1n) is 5.48. The minimum absolute atomic E-state index is 0.538. The van der Waals surface area contributed by atoms with Gasteiger partial charge in [0.25, 0.3) is 0 Å². The molecular weight excluding hydrogens is 254 g/mol. The topological polar surface area (TPSA) is 22.1 Å². The van der Waals surface area contributed by atoms with Crippen LogP contribution in [0.1, 0.15) is 18.5 Å². The molecule has 2 nitrogen and oxygen atoms in total. The van der Waals surface area contributed by atoms with Gasteiger partial charge >= 0.3 is 0 Å².